The van der Waals surface area contributed by atoms with E-state index in [1.165, 1.54) is 0 Å². The molecule has 2 rings (SSSR count). The number of nitrogens with zero attached hydrogens (tertiary/aromatic N) is 1. The van der Waals surface area contributed by atoms with Gasteiger partial charge in [-0.3, -0.25) is 0 Å². The molecule has 0 aliphatic carbocycles. The number of nitrogens with one attached hydrogen (secondary N) is 1. The van der Waals surface area contributed by atoms with Gasteiger partial charge in [-0.2, -0.15) is 0 Å². The number of aliphatic hydroxyl groups excluding tert-OH is 1. The average molecular weight is 292 g/mol. The lowest BCUT2D eigenvalue weighted by atomic mass is 10.1. The van der Waals surface area contributed by atoms with Crippen LogP contribution in [0.25, 0.3) is 0 Å². The van der Waals surface area contributed by atoms with Crippen LogP contribution in [0.15, 0.2) is 30.3 Å². The van der Waals surface area contributed by atoms with Gasteiger partial charge in [0, 0.05) is 26.2 Å². The molecule has 1 heterocycles. The Morgan fingerprint density at radius 1 is 1.38 bits per heavy atom. The summed E-state index contributed by atoms with van der Waals surface area (Å²) < 4.78 is 5.15. The van der Waals surface area contributed by atoms with Gasteiger partial charge in [0.05, 0.1) is 0 Å². The number of alkyl carbamates (subject to hydrolysis) is 1. The van der Waals surface area contributed by atoms with Crippen molar-refractivity contribution in [1.82, 2.24) is 10.2 Å². The summed E-state index contributed by atoms with van der Waals surface area (Å²) in [6, 6.07) is 9.64. The van der Waals surface area contributed by atoms with Gasteiger partial charge in [-0.05, 0) is 30.9 Å². The molecule has 1 aliphatic rings. The smallest absolute Gasteiger partial charge is 0.407 e. The summed E-state index contributed by atoms with van der Waals surface area (Å²) in [5.41, 5.74) is 0.985. The predicted molar refractivity (Wildman–Crippen MR) is 80.9 cm³/mol. The highest BCUT2D eigenvalue weighted by Crippen LogP contribution is 2.18. The fourth-order valence-corrected chi connectivity index (χ4v) is 2.62. The average Bonchev–Trinajstić information content (AvgIpc) is 2.94. The monoisotopic (exact) mass is 292 g/mol. The first-order chi connectivity index (χ1) is 10.3. The van der Waals surface area contributed by atoms with E-state index in [1.54, 1.807) is 0 Å². The summed E-state index contributed by atoms with van der Waals surface area (Å²) >= 11 is 0. The van der Waals surface area contributed by atoms with Gasteiger partial charge >= 0.3 is 6.09 Å². The molecule has 5 nitrogen and oxygen atoms in total. The summed E-state index contributed by atoms with van der Waals surface area (Å²) in [6.07, 6.45) is 1.65. The van der Waals surface area contributed by atoms with E-state index in [1.807, 2.05) is 30.3 Å². The number of benzene rings is 1. The lowest BCUT2D eigenvalue weighted by Crippen LogP contribution is -2.34. The highest BCUT2D eigenvalue weighted by Gasteiger charge is 2.21. The number of carbonyl (C=O) groups excluding carboxylic acids is 1. The fourth-order valence-electron chi connectivity index (χ4n) is 2.62. The van der Waals surface area contributed by atoms with Gasteiger partial charge in [-0.25, -0.2) is 4.79 Å². The van der Waals surface area contributed by atoms with Gasteiger partial charge in [0.25, 0.3) is 0 Å². The van der Waals surface area contributed by atoms with Crippen LogP contribution in [0.5, 0.6) is 0 Å². The van der Waals surface area contributed by atoms with Crippen molar-refractivity contribution in [3.8, 4) is 0 Å². The molecule has 116 valence electrons. The second-order valence-corrected chi connectivity index (χ2v) is 5.46. The van der Waals surface area contributed by atoms with Crippen LogP contribution in [0.4, 0.5) is 4.79 Å². The number of carbonyl (C=O) groups is 1. The van der Waals surface area contributed by atoms with Gasteiger partial charge in [-0.15, -0.1) is 0 Å². The topological polar surface area (TPSA) is 61.8 Å². The number of aliphatic hydroxyl groups is 1. The maximum atomic E-state index is 11.6. The Kier molecular flexibility index (Phi) is 6.50. The molecule has 0 radical (unpaired) electrons. The van der Waals surface area contributed by atoms with Crippen LogP contribution >= 0.6 is 0 Å². The van der Waals surface area contributed by atoms with Crippen LogP contribution < -0.4 is 5.32 Å². The minimum Gasteiger partial charge on any atom is -0.445 e. The van der Waals surface area contributed by atoms with Gasteiger partial charge < -0.3 is 20.1 Å². The Morgan fingerprint density at radius 3 is 2.95 bits per heavy atom. The zero-order valence-corrected chi connectivity index (χ0v) is 12.3. The van der Waals surface area contributed by atoms with E-state index in [4.69, 9.17) is 9.84 Å². The van der Waals surface area contributed by atoms with Crippen molar-refractivity contribution in [2.75, 3.05) is 32.8 Å². The molecular formula is C16H24N2O3. The quantitative estimate of drug-likeness (QED) is 0.801. The molecule has 0 bridgehead atoms. The largest absolute Gasteiger partial charge is 0.445 e. The molecule has 1 aliphatic heterocycles. The molecule has 2 N–H and O–H groups in total. The van der Waals surface area contributed by atoms with E-state index in [2.05, 4.69) is 10.2 Å². The van der Waals surface area contributed by atoms with Crippen LogP contribution in [-0.2, 0) is 11.3 Å². The Balaban J connectivity index is 1.55. The predicted octanol–water partition coefficient (Wildman–Crippen LogP) is 1.62. The summed E-state index contributed by atoms with van der Waals surface area (Å²) in [6.45, 7) is 4.06. The van der Waals surface area contributed by atoms with Crippen molar-refractivity contribution in [2.45, 2.75) is 19.4 Å². The van der Waals surface area contributed by atoms with Crippen molar-refractivity contribution in [3.05, 3.63) is 35.9 Å². The SMILES string of the molecule is O=C(NCCN1CCC(CCO)C1)OCc1ccccc1. The van der Waals surface area contributed by atoms with Gasteiger partial charge in [0.15, 0.2) is 0 Å². The van der Waals surface area contributed by atoms with E-state index >= 15 is 0 Å². The molecule has 1 aromatic rings. The molecule has 1 fully saturated rings. The second kappa shape index (κ2) is 8.64. The molecular weight excluding hydrogens is 268 g/mol. The molecule has 21 heavy (non-hydrogen) atoms. The summed E-state index contributed by atoms with van der Waals surface area (Å²) in [7, 11) is 0. The normalized spacial score (nSPS) is 18.6. The van der Waals surface area contributed by atoms with Crippen molar-refractivity contribution in [2.24, 2.45) is 5.92 Å². The van der Waals surface area contributed by atoms with Crippen LogP contribution in [0.3, 0.4) is 0 Å². The third-order valence-corrected chi connectivity index (χ3v) is 3.82. The molecule has 1 amide bonds. The fraction of sp³-hybridized carbons (Fsp3) is 0.562. The van der Waals surface area contributed by atoms with Crippen molar-refractivity contribution in [1.29, 1.82) is 0 Å². The zero-order valence-electron chi connectivity index (χ0n) is 12.3. The third kappa shape index (κ3) is 5.73. The molecule has 0 spiro atoms. The van der Waals surface area contributed by atoms with E-state index < -0.39 is 0 Å². The number of hydrogen-bond donors (Lipinski definition) is 2. The van der Waals surface area contributed by atoms with Crippen LogP contribution in [0, 0.1) is 5.92 Å². The van der Waals surface area contributed by atoms with E-state index in [-0.39, 0.29) is 12.7 Å². The van der Waals surface area contributed by atoms with Crippen molar-refractivity contribution in [3.63, 3.8) is 0 Å². The summed E-state index contributed by atoms with van der Waals surface area (Å²) in [5, 5.41) is 11.7. The number of amides is 1. The molecule has 1 unspecified atom stereocenters. The minimum absolute atomic E-state index is 0.266. The number of likely N-dealkylation sites (tertiary alicyclic amines) is 1. The van der Waals surface area contributed by atoms with E-state index in [0.717, 1.165) is 38.0 Å². The van der Waals surface area contributed by atoms with E-state index in [9.17, 15) is 4.79 Å². The number of ether oxygens (including phenoxy) is 1. The standard InChI is InChI=1S/C16H24N2O3/c19-11-7-14-6-9-18(12-14)10-8-17-16(20)21-13-15-4-2-1-3-5-15/h1-5,14,19H,6-13H2,(H,17,20). The highest BCUT2D eigenvalue weighted by molar-refractivity contribution is 5.67. The first-order valence-electron chi connectivity index (χ1n) is 7.55. The van der Waals surface area contributed by atoms with Gasteiger partial charge in [0.1, 0.15) is 6.61 Å². The summed E-state index contributed by atoms with van der Waals surface area (Å²) in [4.78, 5) is 13.9. The molecule has 0 aromatic heterocycles. The van der Waals surface area contributed by atoms with Crippen LogP contribution in [-0.4, -0.2) is 48.9 Å². The number of rotatable bonds is 7. The maximum absolute atomic E-state index is 11.6. The first kappa shape index (κ1) is 15.8. The molecule has 1 atom stereocenters. The third-order valence-electron chi connectivity index (χ3n) is 3.82. The molecule has 1 saturated heterocycles. The van der Waals surface area contributed by atoms with Crippen molar-refractivity contribution < 1.29 is 14.6 Å². The molecule has 1 aromatic carbocycles. The zero-order chi connectivity index (χ0) is 14.9. The van der Waals surface area contributed by atoms with Crippen molar-refractivity contribution >= 4 is 6.09 Å². The van der Waals surface area contributed by atoms with Gasteiger partial charge in [0.2, 0.25) is 0 Å². The first-order valence-corrected chi connectivity index (χ1v) is 7.55. The van der Waals surface area contributed by atoms with E-state index in [0.29, 0.717) is 19.1 Å². The highest BCUT2D eigenvalue weighted by atomic mass is 16.5. The maximum Gasteiger partial charge on any atom is 0.407 e. The number of hydrogen-bond acceptors (Lipinski definition) is 4. The Labute approximate surface area is 125 Å². The van der Waals surface area contributed by atoms with Crippen LogP contribution in [0.1, 0.15) is 18.4 Å². The summed E-state index contributed by atoms with van der Waals surface area (Å²) in [5.74, 6) is 0.597. The molecule has 0 saturated carbocycles. The lowest BCUT2D eigenvalue weighted by Gasteiger charge is -2.16. The van der Waals surface area contributed by atoms with Gasteiger partial charge in [-0.1, -0.05) is 30.3 Å². The Morgan fingerprint density at radius 2 is 2.19 bits per heavy atom. The second-order valence-electron chi connectivity index (χ2n) is 5.46. The Hall–Kier alpha value is -1.59. The molecule has 5 heteroatoms. The minimum atomic E-state index is -0.370. The lowest BCUT2D eigenvalue weighted by molar-refractivity contribution is 0.138. The Bertz CT molecular complexity index is 425. The van der Waals surface area contributed by atoms with Crippen LogP contribution in [0.2, 0.25) is 0 Å².